The van der Waals surface area contributed by atoms with E-state index in [0.29, 0.717) is 12.4 Å². The van der Waals surface area contributed by atoms with Gasteiger partial charge in [-0.3, -0.25) is 0 Å². The molecule has 1 aromatic carbocycles. The van der Waals surface area contributed by atoms with Crippen molar-refractivity contribution >= 4 is 11.0 Å². The van der Waals surface area contributed by atoms with Gasteiger partial charge in [0.15, 0.2) is 5.75 Å². The summed E-state index contributed by atoms with van der Waals surface area (Å²) >= 11 is 0. The molecule has 196 valence electrons. The van der Waals surface area contributed by atoms with Crippen LogP contribution in [0.15, 0.2) is 27.4 Å². The highest BCUT2D eigenvalue weighted by molar-refractivity contribution is 5.86. The number of rotatable bonds is 13. The van der Waals surface area contributed by atoms with E-state index in [1.54, 1.807) is 6.07 Å². The summed E-state index contributed by atoms with van der Waals surface area (Å²) in [5.74, 6) is -0.689. The maximum Gasteiger partial charge on any atom is 0.382 e. The molecule has 0 amide bonds. The molecule has 5 atom stereocenters. The number of benzene rings is 1. The minimum atomic E-state index is -1.70. The third-order valence-corrected chi connectivity index (χ3v) is 6.16. The van der Waals surface area contributed by atoms with E-state index < -0.39 is 48.7 Å². The molecule has 0 bridgehead atoms. The van der Waals surface area contributed by atoms with Gasteiger partial charge in [0.05, 0.1) is 18.6 Å². The van der Waals surface area contributed by atoms with Crippen LogP contribution in [0.25, 0.3) is 11.0 Å². The van der Waals surface area contributed by atoms with E-state index in [1.165, 1.54) is 44.2 Å². The monoisotopic (exact) mass is 496 g/mol. The largest absolute Gasteiger partial charge is 0.499 e. The second-order valence-corrected chi connectivity index (χ2v) is 8.86. The SMILES string of the molecule is CCCCCCCCCCOc1ccc2c(O[C@@H]3O[C@H](CO)[C@@H](O)[C@H](O)[C@H]3O)c(O)c(=O)oc2c1. The number of fused-ring (bicyclic) bond motifs is 1. The number of aliphatic hydroxyl groups excluding tert-OH is 4. The zero-order valence-corrected chi connectivity index (χ0v) is 20.0. The first kappa shape index (κ1) is 27.2. The summed E-state index contributed by atoms with van der Waals surface area (Å²) in [5, 5.41) is 49.9. The molecule has 1 saturated heterocycles. The Morgan fingerprint density at radius 2 is 1.63 bits per heavy atom. The van der Waals surface area contributed by atoms with Crippen LogP contribution in [0.4, 0.5) is 0 Å². The smallest absolute Gasteiger partial charge is 0.382 e. The third-order valence-electron chi connectivity index (χ3n) is 6.16. The van der Waals surface area contributed by atoms with Crippen molar-refractivity contribution in [2.24, 2.45) is 0 Å². The quantitative estimate of drug-likeness (QED) is 0.205. The van der Waals surface area contributed by atoms with E-state index in [0.717, 1.165) is 19.3 Å². The molecule has 0 spiro atoms. The molecule has 2 aromatic rings. The van der Waals surface area contributed by atoms with Gasteiger partial charge in [-0.2, -0.15) is 0 Å². The third kappa shape index (κ3) is 6.86. The van der Waals surface area contributed by atoms with Crippen LogP contribution in [-0.2, 0) is 4.74 Å². The van der Waals surface area contributed by atoms with Crippen LogP contribution in [0.5, 0.6) is 17.2 Å². The lowest BCUT2D eigenvalue weighted by molar-refractivity contribution is -0.277. The van der Waals surface area contributed by atoms with Gasteiger partial charge in [0.2, 0.25) is 12.0 Å². The van der Waals surface area contributed by atoms with Crippen molar-refractivity contribution < 1.29 is 44.2 Å². The maximum absolute atomic E-state index is 12.2. The predicted molar refractivity (Wildman–Crippen MR) is 127 cm³/mol. The van der Waals surface area contributed by atoms with Gasteiger partial charge < -0.3 is 44.2 Å². The Balaban J connectivity index is 1.65. The van der Waals surface area contributed by atoms with Crippen molar-refractivity contribution in [1.29, 1.82) is 0 Å². The highest BCUT2D eigenvalue weighted by atomic mass is 16.7. The van der Waals surface area contributed by atoms with E-state index in [9.17, 15) is 30.3 Å². The number of aromatic hydroxyl groups is 1. The molecule has 10 heteroatoms. The van der Waals surface area contributed by atoms with Crippen LogP contribution in [0.2, 0.25) is 0 Å². The molecule has 1 fully saturated rings. The normalized spacial score (nSPS) is 24.5. The molecule has 0 unspecified atom stereocenters. The molecule has 1 aromatic heterocycles. The zero-order valence-electron chi connectivity index (χ0n) is 20.0. The molecule has 10 nitrogen and oxygen atoms in total. The second-order valence-electron chi connectivity index (χ2n) is 8.86. The predicted octanol–water partition coefficient (Wildman–Crippen LogP) is 2.20. The van der Waals surface area contributed by atoms with Crippen LogP contribution in [0.3, 0.4) is 0 Å². The first-order valence-electron chi connectivity index (χ1n) is 12.3. The Morgan fingerprint density at radius 3 is 2.31 bits per heavy atom. The van der Waals surface area contributed by atoms with E-state index in [1.807, 2.05) is 0 Å². The fourth-order valence-electron chi connectivity index (χ4n) is 4.06. The average molecular weight is 497 g/mol. The number of unbranched alkanes of at least 4 members (excludes halogenated alkanes) is 7. The van der Waals surface area contributed by atoms with Gasteiger partial charge in [-0.15, -0.1) is 0 Å². The molecule has 1 aliphatic heterocycles. The Labute approximate surface area is 203 Å². The van der Waals surface area contributed by atoms with E-state index >= 15 is 0 Å². The lowest BCUT2D eigenvalue weighted by Gasteiger charge is -2.39. The van der Waals surface area contributed by atoms with Crippen LogP contribution < -0.4 is 15.1 Å². The van der Waals surface area contributed by atoms with Crippen molar-refractivity contribution in [3.05, 3.63) is 28.6 Å². The first-order chi connectivity index (χ1) is 16.9. The number of aliphatic hydroxyl groups is 4. The molecule has 3 rings (SSSR count). The van der Waals surface area contributed by atoms with E-state index in [4.69, 9.17) is 18.6 Å². The molecular weight excluding hydrogens is 460 g/mol. The summed E-state index contributed by atoms with van der Waals surface area (Å²) in [7, 11) is 0. The van der Waals surface area contributed by atoms with Crippen molar-refractivity contribution in [3.8, 4) is 17.2 Å². The summed E-state index contributed by atoms with van der Waals surface area (Å²) in [5.41, 5.74) is -0.988. The fraction of sp³-hybridized carbons (Fsp3) is 0.640. The van der Waals surface area contributed by atoms with Gasteiger partial charge in [0.1, 0.15) is 35.7 Å². The second kappa shape index (κ2) is 13.1. The van der Waals surface area contributed by atoms with Crippen LogP contribution in [-0.4, -0.2) is 69.5 Å². The van der Waals surface area contributed by atoms with Crippen LogP contribution >= 0.6 is 0 Å². The van der Waals surface area contributed by atoms with Crippen LogP contribution in [0.1, 0.15) is 58.3 Å². The fourth-order valence-corrected chi connectivity index (χ4v) is 4.06. The highest BCUT2D eigenvalue weighted by Gasteiger charge is 2.45. The van der Waals surface area contributed by atoms with Gasteiger partial charge in [-0.1, -0.05) is 51.9 Å². The van der Waals surface area contributed by atoms with Crippen molar-refractivity contribution in [3.63, 3.8) is 0 Å². The topological polar surface area (TPSA) is 159 Å². The minimum absolute atomic E-state index is 0.0841. The van der Waals surface area contributed by atoms with Gasteiger partial charge in [-0.05, 0) is 18.6 Å². The standard InChI is InChI=1S/C25H36O10/c1-2-3-4-5-6-7-8-9-12-32-15-10-11-16-17(13-15)33-24(31)22(30)23(16)35-25-21(29)20(28)19(27)18(14-26)34-25/h10-11,13,18-21,25-30H,2-9,12,14H2,1H3/t18-,19-,20+,21-,25+/m1/s1. The number of ether oxygens (including phenoxy) is 3. The molecule has 0 aliphatic carbocycles. The van der Waals surface area contributed by atoms with Crippen LogP contribution in [0, 0.1) is 0 Å². The molecule has 35 heavy (non-hydrogen) atoms. The summed E-state index contributed by atoms with van der Waals surface area (Å²) in [6.07, 6.45) is 1.71. The summed E-state index contributed by atoms with van der Waals surface area (Å²) in [6.45, 7) is 2.07. The van der Waals surface area contributed by atoms with Crippen molar-refractivity contribution in [2.45, 2.75) is 89.0 Å². The lowest BCUT2D eigenvalue weighted by Crippen LogP contribution is -2.60. The summed E-state index contributed by atoms with van der Waals surface area (Å²) in [6, 6.07) is 4.66. The summed E-state index contributed by atoms with van der Waals surface area (Å²) in [4.78, 5) is 12.2. The summed E-state index contributed by atoms with van der Waals surface area (Å²) < 4.78 is 21.8. The van der Waals surface area contributed by atoms with Gasteiger partial charge in [0.25, 0.3) is 0 Å². The average Bonchev–Trinajstić information content (AvgIpc) is 2.85. The van der Waals surface area contributed by atoms with E-state index in [-0.39, 0.29) is 16.7 Å². The number of hydrogen-bond donors (Lipinski definition) is 5. The lowest BCUT2D eigenvalue weighted by atomic mass is 9.99. The Hall–Kier alpha value is -2.37. The molecule has 5 N–H and O–H groups in total. The van der Waals surface area contributed by atoms with E-state index in [2.05, 4.69) is 6.92 Å². The molecule has 0 saturated carbocycles. The number of hydrogen-bond acceptors (Lipinski definition) is 10. The maximum atomic E-state index is 12.2. The molecule has 1 aliphatic rings. The highest BCUT2D eigenvalue weighted by Crippen LogP contribution is 2.36. The molecular formula is C25H36O10. The first-order valence-corrected chi connectivity index (χ1v) is 12.3. The van der Waals surface area contributed by atoms with Gasteiger partial charge in [-0.25, -0.2) is 4.79 Å². The Bertz CT molecular complexity index is 988. The molecule has 0 radical (unpaired) electrons. The molecule has 2 heterocycles. The van der Waals surface area contributed by atoms with Crippen molar-refractivity contribution in [1.82, 2.24) is 0 Å². The van der Waals surface area contributed by atoms with Gasteiger partial charge in [0, 0.05) is 6.07 Å². The van der Waals surface area contributed by atoms with Gasteiger partial charge >= 0.3 is 5.63 Å². The minimum Gasteiger partial charge on any atom is -0.499 e. The zero-order chi connectivity index (χ0) is 25.4. The van der Waals surface area contributed by atoms with Crippen molar-refractivity contribution in [2.75, 3.05) is 13.2 Å². The Morgan fingerprint density at radius 1 is 0.943 bits per heavy atom. The Kier molecular flexibility index (Phi) is 10.2.